The molecule has 0 saturated heterocycles. The van der Waals surface area contributed by atoms with Crippen molar-refractivity contribution in [3.05, 3.63) is 78.5 Å². The topological polar surface area (TPSA) is 64.9 Å². The van der Waals surface area contributed by atoms with Crippen LogP contribution < -0.4 is 11.5 Å². The fraction of sp³-hybridized carbons (Fsp3) is 0.0588. The molecule has 0 fully saturated rings. The minimum atomic E-state index is 0. The predicted octanol–water partition coefficient (Wildman–Crippen LogP) is 3.42. The molecular weight excluding hydrogens is 342 g/mol. The summed E-state index contributed by atoms with van der Waals surface area (Å²) in [5.41, 5.74) is 11.6. The van der Waals surface area contributed by atoms with Gasteiger partial charge in [-0.3, -0.25) is 4.98 Å². The summed E-state index contributed by atoms with van der Waals surface area (Å²) in [7, 11) is 0. The van der Waals surface area contributed by atoms with Gasteiger partial charge in [-0.15, -0.1) is 0 Å². The summed E-state index contributed by atoms with van der Waals surface area (Å²) in [6.07, 6.45) is 1.81. The van der Waals surface area contributed by atoms with Gasteiger partial charge in [-0.25, -0.2) is 0 Å². The number of benzene rings is 2. The summed E-state index contributed by atoms with van der Waals surface area (Å²) in [5.74, 6) is 0. The zero-order chi connectivity index (χ0) is 15.5. The molecular formula is C17H19CuN3S. The zero-order valence-electron chi connectivity index (χ0n) is 12.2. The van der Waals surface area contributed by atoms with E-state index in [1.165, 1.54) is 10.9 Å². The van der Waals surface area contributed by atoms with Gasteiger partial charge in [0.25, 0.3) is 0 Å². The van der Waals surface area contributed by atoms with Gasteiger partial charge < -0.3 is 11.5 Å². The summed E-state index contributed by atoms with van der Waals surface area (Å²) >= 11 is 4.09. The molecule has 0 saturated carbocycles. The maximum absolute atomic E-state index is 4.62. The Morgan fingerprint density at radius 3 is 1.86 bits per heavy atom. The van der Waals surface area contributed by atoms with Crippen LogP contribution in [0.4, 0.5) is 0 Å². The van der Waals surface area contributed by atoms with Crippen LogP contribution in [0.2, 0.25) is 0 Å². The second-order valence-corrected chi connectivity index (χ2v) is 4.72. The fourth-order valence-corrected chi connectivity index (χ4v) is 1.55. The number of hydrogen-bond donors (Lipinski definition) is 2. The van der Waals surface area contributed by atoms with Crippen molar-refractivity contribution in [2.45, 2.75) is 6.92 Å². The third kappa shape index (κ3) is 9.08. The zero-order valence-corrected chi connectivity index (χ0v) is 14.0. The summed E-state index contributed by atoms with van der Waals surface area (Å²) < 4.78 is 0. The van der Waals surface area contributed by atoms with Crippen molar-refractivity contribution < 1.29 is 17.1 Å². The number of thiocarbonyl (C=S) groups is 1. The second kappa shape index (κ2) is 11.7. The summed E-state index contributed by atoms with van der Waals surface area (Å²) in [4.78, 5) is 4.18. The Kier molecular flexibility index (Phi) is 10.7. The Morgan fingerprint density at radius 1 is 0.864 bits per heavy atom. The molecule has 0 aliphatic heterocycles. The van der Waals surface area contributed by atoms with Crippen molar-refractivity contribution in [3.8, 4) is 0 Å². The smallest absolute Gasteiger partial charge is 0.160 e. The molecule has 0 bridgehead atoms. The maximum atomic E-state index is 4.62. The van der Waals surface area contributed by atoms with Crippen molar-refractivity contribution in [3.63, 3.8) is 0 Å². The standard InChI is InChI=1S/C9H7N.C7H8.CH4N2S.Cu/c1-2-6-9-8(4-1)5-3-7-10-9;1-7-5-3-2-4-6-7;2-1(3)4;/h1-7H;2-6H,1H3;(H4,2,3,4);. The quantitative estimate of drug-likeness (QED) is 0.476. The SMILES string of the molecule is Cc1ccccc1.NC(N)=S.[Cu].c1ccc2ncccc2c1. The number of fused-ring (bicyclic) bond motifs is 1. The molecule has 0 unspecified atom stereocenters. The maximum Gasteiger partial charge on any atom is 0.160 e. The number of hydrogen-bond acceptors (Lipinski definition) is 2. The third-order valence-corrected chi connectivity index (χ3v) is 2.45. The van der Waals surface area contributed by atoms with Gasteiger partial charge in [-0.2, -0.15) is 0 Å². The molecule has 1 aromatic heterocycles. The summed E-state index contributed by atoms with van der Waals surface area (Å²) in [6.45, 7) is 2.08. The van der Waals surface area contributed by atoms with E-state index in [0.29, 0.717) is 0 Å². The Balaban J connectivity index is 0.000000325. The molecule has 3 aromatic rings. The van der Waals surface area contributed by atoms with Gasteiger partial charge in [0.1, 0.15) is 0 Å². The first-order chi connectivity index (χ1) is 10.1. The molecule has 0 atom stereocenters. The number of rotatable bonds is 0. The van der Waals surface area contributed by atoms with E-state index in [2.05, 4.69) is 59.9 Å². The van der Waals surface area contributed by atoms with E-state index in [0.717, 1.165) is 5.52 Å². The van der Waals surface area contributed by atoms with Gasteiger partial charge >= 0.3 is 0 Å². The number of aromatic nitrogens is 1. The van der Waals surface area contributed by atoms with E-state index in [1.807, 2.05) is 48.7 Å². The fourth-order valence-electron chi connectivity index (χ4n) is 1.55. The Labute approximate surface area is 147 Å². The van der Waals surface area contributed by atoms with Gasteiger partial charge in [-0.05, 0) is 31.3 Å². The second-order valence-electron chi connectivity index (χ2n) is 4.25. The molecule has 2 aromatic carbocycles. The van der Waals surface area contributed by atoms with Gasteiger partial charge in [-0.1, -0.05) is 60.2 Å². The molecule has 0 aliphatic rings. The monoisotopic (exact) mass is 360 g/mol. The first-order valence-corrected chi connectivity index (χ1v) is 6.86. The molecule has 22 heavy (non-hydrogen) atoms. The van der Waals surface area contributed by atoms with Crippen LogP contribution in [0.15, 0.2) is 72.9 Å². The predicted molar refractivity (Wildman–Crippen MR) is 93.9 cm³/mol. The van der Waals surface area contributed by atoms with Crippen LogP contribution in [0.1, 0.15) is 5.56 Å². The van der Waals surface area contributed by atoms with Crippen molar-refractivity contribution >= 4 is 28.2 Å². The van der Waals surface area contributed by atoms with Crippen molar-refractivity contribution in [2.75, 3.05) is 0 Å². The van der Waals surface area contributed by atoms with E-state index in [4.69, 9.17) is 0 Å². The number of aryl methyl sites for hydroxylation is 1. The third-order valence-electron chi connectivity index (χ3n) is 2.45. The average Bonchev–Trinajstić information content (AvgIpc) is 2.48. The summed E-state index contributed by atoms with van der Waals surface area (Å²) in [6, 6.07) is 22.3. The van der Waals surface area contributed by atoms with Crippen molar-refractivity contribution in [1.29, 1.82) is 0 Å². The van der Waals surface area contributed by atoms with E-state index in [-0.39, 0.29) is 22.2 Å². The molecule has 1 heterocycles. The molecule has 119 valence electrons. The molecule has 0 spiro atoms. The minimum absolute atomic E-state index is 0. The van der Waals surface area contributed by atoms with Crippen LogP contribution in [0, 0.1) is 6.92 Å². The molecule has 4 N–H and O–H groups in total. The first kappa shape index (κ1) is 20.1. The molecule has 1 radical (unpaired) electrons. The number of para-hydroxylation sites is 1. The van der Waals surface area contributed by atoms with Gasteiger partial charge in [0, 0.05) is 28.7 Å². The van der Waals surface area contributed by atoms with E-state index in [9.17, 15) is 0 Å². The number of pyridine rings is 1. The van der Waals surface area contributed by atoms with Crippen LogP contribution in [0.5, 0.6) is 0 Å². The van der Waals surface area contributed by atoms with Gasteiger partial charge in [0.2, 0.25) is 0 Å². The van der Waals surface area contributed by atoms with Gasteiger partial charge in [0.05, 0.1) is 5.52 Å². The Hall–Kier alpha value is -1.94. The Morgan fingerprint density at radius 2 is 1.36 bits per heavy atom. The van der Waals surface area contributed by atoms with Crippen LogP contribution in [0.3, 0.4) is 0 Å². The normalized spacial score (nSPS) is 8.41. The van der Waals surface area contributed by atoms with Crippen LogP contribution >= 0.6 is 12.2 Å². The van der Waals surface area contributed by atoms with E-state index in [1.54, 1.807) is 0 Å². The van der Waals surface area contributed by atoms with E-state index >= 15 is 0 Å². The molecule has 0 amide bonds. The van der Waals surface area contributed by atoms with Crippen LogP contribution in [0.25, 0.3) is 10.9 Å². The van der Waals surface area contributed by atoms with Crippen molar-refractivity contribution in [2.24, 2.45) is 11.5 Å². The largest absolute Gasteiger partial charge is 0.377 e. The molecule has 5 heteroatoms. The Bertz CT molecular complexity index is 605. The number of nitrogens with two attached hydrogens (primary N) is 2. The average molecular weight is 361 g/mol. The number of nitrogens with zero attached hydrogens (tertiary/aromatic N) is 1. The van der Waals surface area contributed by atoms with Crippen molar-refractivity contribution in [1.82, 2.24) is 4.98 Å². The van der Waals surface area contributed by atoms with Crippen LogP contribution in [-0.4, -0.2) is 10.1 Å². The van der Waals surface area contributed by atoms with E-state index < -0.39 is 0 Å². The van der Waals surface area contributed by atoms with Crippen LogP contribution in [-0.2, 0) is 17.1 Å². The molecule has 3 nitrogen and oxygen atoms in total. The molecule has 3 rings (SSSR count). The minimum Gasteiger partial charge on any atom is -0.377 e. The van der Waals surface area contributed by atoms with Gasteiger partial charge in [0.15, 0.2) is 5.11 Å². The summed E-state index contributed by atoms with van der Waals surface area (Å²) in [5, 5.41) is 1.20. The first-order valence-electron chi connectivity index (χ1n) is 6.46. The molecule has 0 aliphatic carbocycles.